The molecule has 0 amide bonds. The monoisotopic (exact) mass is 223 g/mol. The summed E-state index contributed by atoms with van der Waals surface area (Å²) in [4.78, 5) is 0. The van der Waals surface area contributed by atoms with Gasteiger partial charge in [-0.15, -0.1) is 0 Å². The van der Waals surface area contributed by atoms with Gasteiger partial charge in [0.25, 0.3) is 0 Å². The SMILES string of the molecule is C.COC1OC(CO)C(OC)[C@@H](O)[C@@H]1N. The van der Waals surface area contributed by atoms with E-state index < -0.39 is 30.6 Å². The maximum atomic E-state index is 9.72. The highest BCUT2D eigenvalue weighted by Gasteiger charge is 2.43. The first-order valence-electron chi connectivity index (χ1n) is 4.41. The molecule has 6 heteroatoms. The fourth-order valence-corrected chi connectivity index (χ4v) is 1.59. The highest BCUT2D eigenvalue weighted by Crippen LogP contribution is 2.21. The molecule has 0 bridgehead atoms. The van der Waals surface area contributed by atoms with Crippen LogP contribution >= 0.6 is 0 Å². The van der Waals surface area contributed by atoms with Crippen molar-refractivity contribution >= 4 is 0 Å². The number of hydrogen-bond acceptors (Lipinski definition) is 6. The molecule has 3 unspecified atom stereocenters. The Hall–Kier alpha value is -0.240. The van der Waals surface area contributed by atoms with Crippen LogP contribution in [-0.4, -0.2) is 61.7 Å². The molecule has 1 fully saturated rings. The smallest absolute Gasteiger partial charge is 0.175 e. The van der Waals surface area contributed by atoms with Crippen molar-refractivity contribution in [1.82, 2.24) is 0 Å². The molecule has 92 valence electrons. The average Bonchev–Trinajstić information content (AvgIpc) is 2.21. The molecule has 1 saturated heterocycles. The molecule has 0 aromatic carbocycles. The van der Waals surface area contributed by atoms with Crippen molar-refractivity contribution < 1.29 is 24.4 Å². The molecule has 5 atom stereocenters. The number of aliphatic hydroxyl groups is 2. The van der Waals surface area contributed by atoms with E-state index in [4.69, 9.17) is 25.1 Å². The van der Waals surface area contributed by atoms with Crippen LogP contribution in [-0.2, 0) is 14.2 Å². The first-order valence-corrected chi connectivity index (χ1v) is 4.41. The van der Waals surface area contributed by atoms with E-state index in [9.17, 15) is 5.11 Å². The summed E-state index contributed by atoms with van der Waals surface area (Å²) >= 11 is 0. The van der Waals surface area contributed by atoms with E-state index in [2.05, 4.69) is 0 Å². The first kappa shape index (κ1) is 14.8. The minimum Gasteiger partial charge on any atom is -0.394 e. The van der Waals surface area contributed by atoms with Crippen LogP contribution in [0.5, 0.6) is 0 Å². The van der Waals surface area contributed by atoms with Crippen molar-refractivity contribution in [2.75, 3.05) is 20.8 Å². The van der Waals surface area contributed by atoms with Crippen molar-refractivity contribution in [3.05, 3.63) is 0 Å². The summed E-state index contributed by atoms with van der Waals surface area (Å²) in [7, 11) is 2.86. The van der Waals surface area contributed by atoms with E-state index in [0.29, 0.717) is 0 Å². The molecule has 0 radical (unpaired) electrons. The van der Waals surface area contributed by atoms with Gasteiger partial charge in [0.15, 0.2) is 6.29 Å². The lowest BCUT2D eigenvalue weighted by Gasteiger charge is -2.41. The third kappa shape index (κ3) is 2.87. The third-order valence-corrected chi connectivity index (χ3v) is 2.40. The molecule has 1 rings (SSSR count). The summed E-state index contributed by atoms with van der Waals surface area (Å²) in [6, 6.07) is -0.673. The lowest BCUT2D eigenvalue weighted by atomic mass is 9.97. The van der Waals surface area contributed by atoms with Crippen molar-refractivity contribution in [2.24, 2.45) is 5.73 Å². The minimum atomic E-state index is -0.907. The number of hydrogen-bond donors (Lipinski definition) is 3. The largest absolute Gasteiger partial charge is 0.394 e. The minimum absolute atomic E-state index is 0. The molecule has 4 N–H and O–H groups in total. The van der Waals surface area contributed by atoms with Crippen LogP contribution < -0.4 is 5.73 Å². The Kier molecular flexibility index (Phi) is 6.26. The van der Waals surface area contributed by atoms with Gasteiger partial charge in [-0.25, -0.2) is 0 Å². The number of rotatable bonds is 3. The van der Waals surface area contributed by atoms with Crippen molar-refractivity contribution in [2.45, 2.75) is 38.1 Å². The summed E-state index contributed by atoms with van der Waals surface area (Å²) < 4.78 is 15.2. The zero-order valence-electron chi connectivity index (χ0n) is 8.29. The second-order valence-corrected chi connectivity index (χ2v) is 3.23. The molecule has 1 aliphatic heterocycles. The van der Waals surface area contributed by atoms with E-state index in [0.717, 1.165) is 0 Å². The Labute approximate surface area is 89.9 Å². The number of nitrogens with two attached hydrogens (primary N) is 1. The summed E-state index contributed by atoms with van der Waals surface area (Å²) in [5, 5.41) is 18.7. The predicted molar refractivity (Wildman–Crippen MR) is 54.3 cm³/mol. The molecule has 6 nitrogen and oxygen atoms in total. The van der Waals surface area contributed by atoms with E-state index in [-0.39, 0.29) is 14.0 Å². The van der Waals surface area contributed by atoms with Gasteiger partial charge in [0.05, 0.1) is 12.6 Å². The Balaban J connectivity index is 0.00000196. The van der Waals surface area contributed by atoms with E-state index in [1.165, 1.54) is 14.2 Å². The molecular weight excluding hydrogens is 202 g/mol. The van der Waals surface area contributed by atoms with Crippen molar-refractivity contribution in [3.8, 4) is 0 Å². The molecule has 0 aliphatic carbocycles. The Bertz CT molecular complexity index is 178. The van der Waals surface area contributed by atoms with Crippen LogP contribution in [0.15, 0.2) is 0 Å². The fourth-order valence-electron chi connectivity index (χ4n) is 1.59. The summed E-state index contributed by atoms with van der Waals surface area (Å²) in [5.74, 6) is 0. The highest BCUT2D eigenvalue weighted by atomic mass is 16.7. The van der Waals surface area contributed by atoms with E-state index in [1.807, 2.05) is 0 Å². The third-order valence-electron chi connectivity index (χ3n) is 2.40. The number of methoxy groups -OCH3 is 2. The average molecular weight is 223 g/mol. The van der Waals surface area contributed by atoms with Gasteiger partial charge in [0.1, 0.15) is 18.3 Å². The Morgan fingerprint density at radius 2 is 1.93 bits per heavy atom. The standard InChI is InChI=1S/C8H17NO5.CH4/c1-12-7-4(3-10)14-8(13-2)5(9)6(7)11;/h4-8,10-11H,3,9H2,1-2H3;1H4/t4?,5-,6-,7?,8?;/m0./s1. The Morgan fingerprint density at radius 3 is 2.33 bits per heavy atom. The normalized spacial score (nSPS) is 41.0. The predicted octanol–water partition coefficient (Wildman–Crippen LogP) is -1.31. The van der Waals surface area contributed by atoms with Crippen LogP contribution in [0.1, 0.15) is 7.43 Å². The van der Waals surface area contributed by atoms with Gasteiger partial charge in [-0.3, -0.25) is 0 Å². The van der Waals surface area contributed by atoms with Crippen LogP contribution in [0, 0.1) is 0 Å². The van der Waals surface area contributed by atoms with Crippen LogP contribution in [0.4, 0.5) is 0 Å². The Morgan fingerprint density at radius 1 is 1.33 bits per heavy atom. The van der Waals surface area contributed by atoms with Gasteiger partial charge < -0.3 is 30.2 Å². The molecule has 0 spiro atoms. The van der Waals surface area contributed by atoms with Crippen LogP contribution in [0.2, 0.25) is 0 Å². The number of ether oxygens (including phenoxy) is 3. The molecule has 0 aromatic heterocycles. The van der Waals surface area contributed by atoms with Gasteiger partial charge in [-0.05, 0) is 0 Å². The second kappa shape index (κ2) is 6.37. The zero-order valence-corrected chi connectivity index (χ0v) is 8.29. The maximum absolute atomic E-state index is 9.72. The van der Waals surface area contributed by atoms with Crippen molar-refractivity contribution in [1.29, 1.82) is 0 Å². The topological polar surface area (TPSA) is 94.2 Å². The summed E-state index contributed by atoms with van der Waals surface area (Å²) in [6.45, 7) is -0.248. The first-order chi connectivity index (χ1) is 6.65. The maximum Gasteiger partial charge on any atom is 0.175 e. The van der Waals surface area contributed by atoms with E-state index >= 15 is 0 Å². The van der Waals surface area contributed by atoms with Gasteiger partial charge >= 0.3 is 0 Å². The summed E-state index contributed by atoms with van der Waals surface area (Å²) in [5.41, 5.74) is 5.65. The lowest BCUT2D eigenvalue weighted by molar-refractivity contribution is -0.262. The lowest BCUT2D eigenvalue weighted by Crippen LogP contribution is -2.62. The molecule has 0 saturated carbocycles. The number of aliphatic hydroxyl groups excluding tert-OH is 2. The van der Waals surface area contributed by atoms with Gasteiger partial charge in [-0.1, -0.05) is 7.43 Å². The summed E-state index contributed by atoms with van der Waals surface area (Å²) in [6.07, 6.45) is -2.86. The van der Waals surface area contributed by atoms with Crippen LogP contribution in [0.25, 0.3) is 0 Å². The zero-order chi connectivity index (χ0) is 10.7. The van der Waals surface area contributed by atoms with Gasteiger partial charge in [-0.2, -0.15) is 0 Å². The van der Waals surface area contributed by atoms with Crippen molar-refractivity contribution in [3.63, 3.8) is 0 Å². The molecule has 15 heavy (non-hydrogen) atoms. The molecule has 1 heterocycles. The highest BCUT2D eigenvalue weighted by molar-refractivity contribution is 4.92. The van der Waals surface area contributed by atoms with Gasteiger partial charge in [0.2, 0.25) is 0 Å². The van der Waals surface area contributed by atoms with E-state index in [1.54, 1.807) is 0 Å². The quantitative estimate of drug-likeness (QED) is 0.550. The van der Waals surface area contributed by atoms with Crippen LogP contribution in [0.3, 0.4) is 0 Å². The molecular formula is C9H21NO5. The van der Waals surface area contributed by atoms with Gasteiger partial charge in [0, 0.05) is 14.2 Å². The fraction of sp³-hybridized carbons (Fsp3) is 1.00. The second-order valence-electron chi connectivity index (χ2n) is 3.23. The molecule has 1 aliphatic rings. The molecule has 0 aromatic rings.